The van der Waals surface area contributed by atoms with Gasteiger partial charge in [0.05, 0.1) is 23.6 Å². The molecule has 1 amide bonds. The van der Waals surface area contributed by atoms with Crippen molar-refractivity contribution in [2.24, 2.45) is 21.6 Å². The van der Waals surface area contributed by atoms with Crippen LogP contribution >= 0.6 is 11.3 Å². The maximum absolute atomic E-state index is 12.9. The maximum Gasteiger partial charge on any atom is 0.254 e. The van der Waals surface area contributed by atoms with Gasteiger partial charge in [-0.2, -0.15) is 0 Å². The second-order valence-corrected chi connectivity index (χ2v) is 10.6. The van der Waals surface area contributed by atoms with Crippen LogP contribution in [0.5, 0.6) is 0 Å². The molecule has 3 aliphatic rings. The average Bonchev–Trinajstić information content (AvgIpc) is 3.29. The third-order valence-electron chi connectivity index (χ3n) is 7.41. The zero-order valence-corrected chi connectivity index (χ0v) is 20.0. The van der Waals surface area contributed by atoms with Crippen LogP contribution in [0.4, 0.5) is 0 Å². The minimum Gasteiger partial charge on any atom is -0.321 e. The molecule has 3 unspecified atom stereocenters. The number of benzene rings is 2. The van der Waals surface area contributed by atoms with Gasteiger partial charge in [0, 0.05) is 27.8 Å². The highest BCUT2D eigenvalue weighted by Gasteiger charge is 2.41. The fourth-order valence-electron chi connectivity index (χ4n) is 5.26. The molecule has 2 aromatic carbocycles. The smallest absolute Gasteiger partial charge is 0.254 e. The summed E-state index contributed by atoms with van der Waals surface area (Å²) >= 11 is 1.71. The number of rotatable bonds is 4. The molecule has 2 N–H and O–H groups in total. The minimum atomic E-state index is -0.363. The van der Waals surface area contributed by atoms with Gasteiger partial charge in [0.2, 0.25) is 0 Å². The monoisotopic (exact) mass is 465 g/mol. The highest BCUT2D eigenvalue weighted by Crippen LogP contribution is 2.41. The molecule has 5 heteroatoms. The van der Waals surface area contributed by atoms with Crippen LogP contribution in [0.15, 0.2) is 82.1 Å². The van der Waals surface area contributed by atoms with Crippen LogP contribution < -0.4 is 5.73 Å². The third kappa shape index (κ3) is 3.60. The first kappa shape index (κ1) is 21.4. The summed E-state index contributed by atoms with van der Waals surface area (Å²) in [6.45, 7) is 2.10. The topological polar surface area (TPSA) is 67.8 Å². The first-order chi connectivity index (χ1) is 16.5. The predicted octanol–water partition coefficient (Wildman–Crippen LogP) is 5.66. The van der Waals surface area contributed by atoms with Gasteiger partial charge in [-0.1, -0.05) is 60.7 Å². The lowest BCUT2D eigenvalue weighted by atomic mass is 9.72. The van der Waals surface area contributed by atoms with Gasteiger partial charge in [-0.05, 0) is 54.3 Å². The Morgan fingerprint density at radius 1 is 1.00 bits per heavy atom. The molecule has 34 heavy (non-hydrogen) atoms. The molecule has 3 aromatic rings. The van der Waals surface area contributed by atoms with Gasteiger partial charge < -0.3 is 5.73 Å². The van der Waals surface area contributed by atoms with Crippen LogP contribution in [0.3, 0.4) is 0 Å². The summed E-state index contributed by atoms with van der Waals surface area (Å²) in [4.78, 5) is 23.7. The number of carbonyl (C=O) groups is 1. The molecule has 6 rings (SSSR count). The number of nitrogens with two attached hydrogens (primary N) is 1. The molecule has 0 spiro atoms. The highest BCUT2D eigenvalue weighted by atomic mass is 32.1. The van der Waals surface area contributed by atoms with E-state index in [4.69, 9.17) is 10.7 Å². The van der Waals surface area contributed by atoms with Crippen LogP contribution in [-0.2, 0) is 10.3 Å². The van der Waals surface area contributed by atoms with E-state index in [1.165, 1.54) is 22.4 Å². The summed E-state index contributed by atoms with van der Waals surface area (Å²) in [6.07, 6.45) is 7.16. The molecule has 0 radical (unpaired) electrons. The van der Waals surface area contributed by atoms with E-state index in [1.807, 2.05) is 18.2 Å². The first-order valence-electron chi connectivity index (χ1n) is 11.9. The second kappa shape index (κ2) is 8.26. The van der Waals surface area contributed by atoms with Gasteiger partial charge in [0.25, 0.3) is 5.91 Å². The normalized spacial score (nSPS) is 25.2. The van der Waals surface area contributed by atoms with E-state index in [2.05, 4.69) is 65.8 Å². The Bertz CT molecular complexity index is 1330. The van der Waals surface area contributed by atoms with Gasteiger partial charge in [-0.15, -0.1) is 11.3 Å². The van der Waals surface area contributed by atoms with Gasteiger partial charge in [-0.25, -0.2) is 4.99 Å². The quantitative estimate of drug-likeness (QED) is 0.540. The van der Waals surface area contributed by atoms with Crippen LogP contribution in [0.2, 0.25) is 0 Å². The second-order valence-electron chi connectivity index (χ2n) is 9.70. The summed E-state index contributed by atoms with van der Waals surface area (Å²) in [5, 5.41) is 2.15. The van der Waals surface area contributed by atoms with E-state index < -0.39 is 0 Å². The van der Waals surface area contributed by atoms with E-state index >= 15 is 0 Å². The number of hydrogen-bond donors (Lipinski definition) is 1. The fraction of sp³-hybridized carbons (Fsp3) is 0.276. The first-order valence-corrected chi connectivity index (χ1v) is 12.8. The molecule has 1 saturated carbocycles. The number of nitrogens with zero attached hydrogens (tertiary/aromatic N) is 2. The fourth-order valence-corrected chi connectivity index (χ4v) is 6.26. The third-order valence-corrected chi connectivity index (χ3v) is 8.56. The van der Waals surface area contributed by atoms with Gasteiger partial charge >= 0.3 is 0 Å². The number of hydrogen-bond acceptors (Lipinski definition) is 4. The Hall–Kier alpha value is -3.15. The van der Waals surface area contributed by atoms with Crippen molar-refractivity contribution in [1.82, 2.24) is 0 Å². The molecule has 0 saturated heterocycles. The van der Waals surface area contributed by atoms with Gasteiger partial charge in [-0.3, -0.25) is 9.79 Å². The molecule has 170 valence electrons. The molecule has 4 nitrogen and oxygen atoms in total. The molecular weight excluding hydrogens is 438 g/mol. The average molecular weight is 466 g/mol. The number of carbonyl (C=O) groups excluding carboxylic acids is 1. The van der Waals surface area contributed by atoms with E-state index in [0.717, 1.165) is 35.3 Å². The van der Waals surface area contributed by atoms with Crippen molar-refractivity contribution in [3.05, 3.63) is 99.3 Å². The summed E-state index contributed by atoms with van der Waals surface area (Å²) in [6, 6.07) is 20.8. The van der Waals surface area contributed by atoms with Crippen LogP contribution in [0.1, 0.15) is 52.3 Å². The van der Waals surface area contributed by atoms with Crippen molar-refractivity contribution in [2.75, 3.05) is 0 Å². The van der Waals surface area contributed by atoms with Crippen molar-refractivity contribution >= 4 is 34.7 Å². The zero-order valence-electron chi connectivity index (χ0n) is 19.1. The molecule has 1 aromatic heterocycles. The summed E-state index contributed by atoms with van der Waals surface area (Å²) < 4.78 is 0. The van der Waals surface area contributed by atoms with E-state index in [9.17, 15) is 4.79 Å². The molecule has 3 heterocycles. The number of aryl methyl sites for hydroxylation is 1. The predicted molar refractivity (Wildman–Crippen MR) is 140 cm³/mol. The minimum absolute atomic E-state index is 0.00784. The zero-order chi connectivity index (χ0) is 23.3. The summed E-state index contributed by atoms with van der Waals surface area (Å²) in [5.41, 5.74) is 12.8. The number of fused-ring (bicyclic) bond motifs is 1. The Kier molecular flexibility index (Phi) is 5.19. The SMILES string of the molecule is Cc1csc(C2C=NC(=O)C3C=C(c4ccccc4)C(c4ccc(C5(N)CCC5)cc4)=NC32)c1. The number of dihydropyridines is 1. The van der Waals surface area contributed by atoms with E-state index in [-0.39, 0.29) is 29.3 Å². The Balaban J connectivity index is 1.46. The summed E-state index contributed by atoms with van der Waals surface area (Å²) in [7, 11) is 0. The molecule has 1 fully saturated rings. The Labute approximate surface area is 204 Å². The molecule has 3 atom stereocenters. The van der Waals surface area contributed by atoms with E-state index in [1.54, 1.807) is 17.6 Å². The Morgan fingerprint density at radius 2 is 1.76 bits per heavy atom. The van der Waals surface area contributed by atoms with Crippen LogP contribution in [0, 0.1) is 12.8 Å². The lowest BCUT2D eigenvalue weighted by Crippen LogP contribution is -2.43. The molecule has 2 aliphatic heterocycles. The maximum atomic E-state index is 12.9. The van der Waals surface area contributed by atoms with E-state index in [0.29, 0.717) is 0 Å². The lowest BCUT2D eigenvalue weighted by molar-refractivity contribution is -0.121. The number of thiophene rings is 1. The standard InChI is InChI=1S/C29H27N3OS/c1-18-14-25(34-17-18)24-16-31-28(33)23-15-22(19-6-3-2-4-7-19)26(32-27(23)24)20-8-10-21(11-9-20)29(30)12-5-13-29/h2-4,6-11,14-17,23-24,27H,5,12-13,30H2,1H3. The van der Waals surface area contributed by atoms with Crippen LogP contribution in [-0.4, -0.2) is 23.9 Å². The molecule has 0 bridgehead atoms. The number of allylic oxidation sites excluding steroid dienone is 1. The van der Waals surface area contributed by atoms with Crippen molar-refractivity contribution in [2.45, 2.75) is 43.7 Å². The lowest BCUT2D eigenvalue weighted by Gasteiger charge is -2.38. The number of aliphatic imine (C=N–C) groups is 2. The van der Waals surface area contributed by atoms with Crippen molar-refractivity contribution in [3.8, 4) is 0 Å². The summed E-state index contributed by atoms with van der Waals surface area (Å²) in [5.74, 6) is -0.486. The van der Waals surface area contributed by atoms with Gasteiger partial charge in [0.1, 0.15) is 0 Å². The molecule has 1 aliphatic carbocycles. The largest absolute Gasteiger partial charge is 0.321 e. The highest BCUT2D eigenvalue weighted by molar-refractivity contribution is 7.10. The van der Waals surface area contributed by atoms with Gasteiger partial charge in [0.15, 0.2) is 0 Å². The van der Waals surface area contributed by atoms with Crippen LogP contribution in [0.25, 0.3) is 5.57 Å². The molecular formula is C29H27N3OS. The van der Waals surface area contributed by atoms with Crippen molar-refractivity contribution < 1.29 is 4.79 Å². The van der Waals surface area contributed by atoms with Crippen molar-refractivity contribution in [3.63, 3.8) is 0 Å². The number of amides is 1. The van der Waals surface area contributed by atoms with Crippen molar-refractivity contribution in [1.29, 1.82) is 0 Å². The Morgan fingerprint density at radius 3 is 2.41 bits per heavy atom.